The topological polar surface area (TPSA) is 29.5 Å². The number of rotatable bonds is 1. The van der Waals surface area contributed by atoms with Crippen molar-refractivity contribution in [2.24, 2.45) is 0 Å². The number of quaternary nitrogens is 1. The molecule has 0 aromatic heterocycles. The highest BCUT2D eigenvalue weighted by atomic mass is 79.9. The Morgan fingerprint density at radius 2 is 2.00 bits per heavy atom. The highest BCUT2D eigenvalue weighted by molar-refractivity contribution is 5.66. The summed E-state index contributed by atoms with van der Waals surface area (Å²) in [6.45, 7) is 2.11. The van der Waals surface area contributed by atoms with E-state index in [-0.39, 0.29) is 29.2 Å². The number of nitrogens with zero attached hydrogens (tertiary/aromatic N) is 2. The molecule has 0 N–H and O–H groups in total. The van der Waals surface area contributed by atoms with Gasteiger partial charge in [0.25, 0.3) is 0 Å². The fraction of sp³-hybridized carbons (Fsp3) is 0.900. The molecule has 1 rings (SSSR count). The summed E-state index contributed by atoms with van der Waals surface area (Å²) in [6, 6.07) is 0. The first-order valence-electron chi connectivity index (χ1n) is 5.11. The number of piperidine rings is 1. The second kappa shape index (κ2) is 5.70. The van der Waals surface area contributed by atoms with Crippen LogP contribution in [0.1, 0.15) is 12.8 Å². The Labute approximate surface area is 103 Å². The molecule has 0 radical (unpaired) electrons. The second-order valence-corrected chi connectivity index (χ2v) is 4.88. The van der Waals surface area contributed by atoms with Gasteiger partial charge in [0.2, 0.25) is 0 Å². The van der Waals surface area contributed by atoms with Crippen molar-refractivity contribution in [3.63, 3.8) is 0 Å². The van der Waals surface area contributed by atoms with Crippen molar-refractivity contribution in [3.8, 4) is 0 Å². The van der Waals surface area contributed by atoms with Crippen LogP contribution in [0.5, 0.6) is 0 Å². The van der Waals surface area contributed by atoms with Crippen LogP contribution >= 0.6 is 0 Å². The molecule has 1 heterocycles. The summed E-state index contributed by atoms with van der Waals surface area (Å²) in [7, 11) is 7.78. The quantitative estimate of drug-likeness (QED) is 0.517. The van der Waals surface area contributed by atoms with Crippen molar-refractivity contribution in [2.45, 2.75) is 18.9 Å². The summed E-state index contributed by atoms with van der Waals surface area (Å²) in [4.78, 5) is 12.8. The van der Waals surface area contributed by atoms with Crippen LogP contribution in [0.4, 0.5) is 4.79 Å². The second-order valence-electron chi connectivity index (χ2n) is 4.88. The molecule has 0 aromatic rings. The molecule has 0 saturated carbocycles. The average Bonchev–Trinajstić information content (AvgIpc) is 2.01. The van der Waals surface area contributed by atoms with Gasteiger partial charge in [0.05, 0.1) is 20.6 Å². The van der Waals surface area contributed by atoms with E-state index in [1.165, 1.54) is 11.4 Å². The third-order valence-electron chi connectivity index (χ3n) is 2.62. The number of halogens is 1. The third-order valence-corrected chi connectivity index (χ3v) is 2.62. The number of hydrogen-bond acceptors (Lipinski definition) is 2. The van der Waals surface area contributed by atoms with E-state index < -0.39 is 0 Å². The van der Waals surface area contributed by atoms with Crippen LogP contribution in [-0.2, 0) is 4.74 Å². The Balaban J connectivity index is 0.00000196. The zero-order valence-corrected chi connectivity index (χ0v) is 11.6. The molecule has 0 spiro atoms. The first-order chi connectivity index (χ1) is 6.41. The van der Waals surface area contributed by atoms with Crippen LogP contribution in [0.15, 0.2) is 0 Å². The minimum Gasteiger partial charge on any atom is -1.00 e. The summed E-state index contributed by atoms with van der Waals surface area (Å²) in [5.74, 6) is 0. The number of amides is 1. The zero-order chi connectivity index (χ0) is 10.8. The molecular weight excluding hydrogens is 260 g/mol. The number of hydrogen-bond donors (Lipinski definition) is 0. The van der Waals surface area contributed by atoms with Gasteiger partial charge in [-0.25, -0.2) is 4.79 Å². The Hall–Kier alpha value is -0.290. The molecule has 0 aromatic carbocycles. The van der Waals surface area contributed by atoms with E-state index in [0.29, 0.717) is 0 Å². The van der Waals surface area contributed by atoms with Crippen molar-refractivity contribution in [2.75, 3.05) is 41.3 Å². The molecule has 0 bridgehead atoms. The van der Waals surface area contributed by atoms with E-state index in [2.05, 4.69) is 14.1 Å². The Bertz CT molecular complexity index is 219. The number of carbonyl (C=O) groups is 1. The molecule has 1 saturated heterocycles. The number of likely N-dealkylation sites (tertiary alicyclic amines) is 1. The van der Waals surface area contributed by atoms with Gasteiger partial charge in [-0.3, -0.25) is 0 Å². The maximum absolute atomic E-state index is 11.3. The molecule has 1 aliphatic rings. The van der Waals surface area contributed by atoms with E-state index in [9.17, 15) is 4.79 Å². The van der Waals surface area contributed by atoms with E-state index in [4.69, 9.17) is 4.74 Å². The Morgan fingerprint density at radius 3 is 2.47 bits per heavy atom. The molecule has 1 fully saturated rings. The minimum atomic E-state index is -0.225. The molecule has 90 valence electrons. The molecule has 4 nitrogen and oxygen atoms in total. The van der Waals surface area contributed by atoms with Crippen molar-refractivity contribution < 1.29 is 31.0 Å². The van der Waals surface area contributed by atoms with Gasteiger partial charge in [-0.2, -0.15) is 0 Å². The normalized spacial score (nSPS) is 23.9. The van der Waals surface area contributed by atoms with E-state index in [0.717, 1.165) is 23.9 Å². The lowest BCUT2D eigenvalue weighted by Gasteiger charge is -2.37. The summed E-state index contributed by atoms with van der Waals surface area (Å²) in [5, 5.41) is 0. The summed E-state index contributed by atoms with van der Waals surface area (Å²) in [6.07, 6.45) is 2.00. The first kappa shape index (κ1) is 14.7. The van der Waals surface area contributed by atoms with Gasteiger partial charge in [0, 0.05) is 20.5 Å². The lowest BCUT2D eigenvalue weighted by atomic mass is 10.1. The third kappa shape index (κ3) is 4.84. The van der Waals surface area contributed by atoms with Crippen LogP contribution in [-0.4, -0.2) is 62.9 Å². The lowest BCUT2D eigenvalue weighted by molar-refractivity contribution is -0.898. The number of ether oxygens (including phenoxy) is 1. The molecule has 15 heavy (non-hydrogen) atoms. The SMILES string of the molecule is CN(C)C(=O)OC1CCC[N+](C)(C)C1.[Br-]. The molecule has 0 aliphatic carbocycles. The zero-order valence-electron chi connectivity index (χ0n) is 9.99. The van der Waals surface area contributed by atoms with Gasteiger partial charge < -0.3 is 31.1 Å². The van der Waals surface area contributed by atoms with E-state index in [1.54, 1.807) is 14.1 Å². The standard InChI is InChI=1S/C10H21N2O2.BrH/c1-11(2)10(13)14-9-6-5-7-12(3,4)8-9;/h9H,5-8H2,1-4H3;1H/q+1;/p-1. The molecular formula is C10H21BrN2O2. The van der Waals surface area contributed by atoms with Crippen LogP contribution in [0.3, 0.4) is 0 Å². The summed E-state index contributed by atoms with van der Waals surface area (Å²) in [5.41, 5.74) is 0. The lowest BCUT2D eigenvalue weighted by Crippen LogP contribution is -3.00. The van der Waals surface area contributed by atoms with Crippen molar-refractivity contribution >= 4 is 6.09 Å². The molecule has 1 aliphatic heterocycles. The highest BCUT2D eigenvalue weighted by Crippen LogP contribution is 2.17. The van der Waals surface area contributed by atoms with Gasteiger partial charge in [0.1, 0.15) is 6.54 Å². The number of carbonyl (C=O) groups excluding carboxylic acids is 1. The predicted octanol–water partition coefficient (Wildman–Crippen LogP) is -2.07. The van der Waals surface area contributed by atoms with Crippen LogP contribution in [0.25, 0.3) is 0 Å². The number of likely N-dealkylation sites (N-methyl/N-ethyl adjacent to an activating group) is 1. The van der Waals surface area contributed by atoms with Crippen molar-refractivity contribution in [1.29, 1.82) is 0 Å². The largest absolute Gasteiger partial charge is 1.00 e. The van der Waals surface area contributed by atoms with Gasteiger partial charge in [-0.1, -0.05) is 0 Å². The van der Waals surface area contributed by atoms with E-state index in [1.807, 2.05) is 0 Å². The first-order valence-corrected chi connectivity index (χ1v) is 5.11. The molecule has 5 heteroatoms. The predicted molar refractivity (Wildman–Crippen MR) is 55.0 cm³/mol. The fourth-order valence-corrected chi connectivity index (χ4v) is 1.83. The van der Waals surface area contributed by atoms with Crippen molar-refractivity contribution in [3.05, 3.63) is 0 Å². The average molecular weight is 281 g/mol. The molecule has 1 unspecified atom stereocenters. The van der Waals surface area contributed by atoms with Gasteiger partial charge in [-0.15, -0.1) is 0 Å². The van der Waals surface area contributed by atoms with Gasteiger partial charge in [0.15, 0.2) is 6.10 Å². The van der Waals surface area contributed by atoms with Crippen LogP contribution in [0, 0.1) is 0 Å². The molecule has 1 amide bonds. The van der Waals surface area contributed by atoms with Crippen LogP contribution < -0.4 is 17.0 Å². The Kier molecular flexibility index (Phi) is 5.59. The van der Waals surface area contributed by atoms with Crippen LogP contribution in [0.2, 0.25) is 0 Å². The van der Waals surface area contributed by atoms with Crippen molar-refractivity contribution in [1.82, 2.24) is 4.90 Å². The highest BCUT2D eigenvalue weighted by Gasteiger charge is 2.30. The maximum atomic E-state index is 11.3. The van der Waals surface area contributed by atoms with Gasteiger partial charge in [-0.05, 0) is 6.42 Å². The monoisotopic (exact) mass is 280 g/mol. The Morgan fingerprint density at radius 1 is 1.40 bits per heavy atom. The minimum absolute atomic E-state index is 0. The summed E-state index contributed by atoms with van der Waals surface area (Å²) < 4.78 is 6.31. The maximum Gasteiger partial charge on any atom is 0.409 e. The summed E-state index contributed by atoms with van der Waals surface area (Å²) >= 11 is 0. The smallest absolute Gasteiger partial charge is 0.409 e. The fourth-order valence-electron chi connectivity index (χ4n) is 1.83. The van der Waals surface area contributed by atoms with Gasteiger partial charge >= 0.3 is 6.09 Å². The van der Waals surface area contributed by atoms with E-state index >= 15 is 0 Å². The molecule has 1 atom stereocenters.